The SMILES string of the molecule is Clc1ccc2c(c1)N=C(Nc1cccnc1)[C@H](Cc1ccccc1)O2. The van der Waals surface area contributed by atoms with E-state index in [1.807, 2.05) is 42.5 Å². The number of anilines is 1. The Morgan fingerprint density at radius 3 is 2.72 bits per heavy atom. The van der Waals surface area contributed by atoms with Crippen LogP contribution in [0.4, 0.5) is 11.4 Å². The molecule has 1 N–H and O–H groups in total. The van der Waals surface area contributed by atoms with E-state index in [9.17, 15) is 0 Å². The average Bonchev–Trinajstić information content (AvgIpc) is 2.64. The van der Waals surface area contributed by atoms with E-state index in [4.69, 9.17) is 21.3 Å². The molecule has 25 heavy (non-hydrogen) atoms. The molecule has 1 atom stereocenters. The van der Waals surface area contributed by atoms with E-state index in [1.165, 1.54) is 5.56 Å². The zero-order valence-corrected chi connectivity index (χ0v) is 14.1. The summed E-state index contributed by atoms with van der Waals surface area (Å²) in [5, 5.41) is 3.96. The Morgan fingerprint density at radius 1 is 1.04 bits per heavy atom. The van der Waals surface area contributed by atoms with Crippen molar-refractivity contribution in [3.05, 3.63) is 83.6 Å². The fourth-order valence-corrected chi connectivity index (χ4v) is 2.91. The van der Waals surface area contributed by atoms with E-state index in [2.05, 4.69) is 22.4 Å². The van der Waals surface area contributed by atoms with E-state index in [0.717, 1.165) is 29.4 Å². The van der Waals surface area contributed by atoms with Crippen molar-refractivity contribution in [1.82, 2.24) is 4.98 Å². The Hall–Kier alpha value is -2.85. The first-order valence-electron chi connectivity index (χ1n) is 8.04. The lowest BCUT2D eigenvalue weighted by atomic mass is 10.1. The number of amidine groups is 1. The number of aliphatic imine (C=N–C) groups is 1. The van der Waals surface area contributed by atoms with Crippen molar-refractivity contribution in [1.29, 1.82) is 0 Å². The molecule has 0 spiro atoms. The predicted octanol–water partition coefficient (Wildman–Crippen LogP) is 4.88. The maximum atomic E-state index is 6.20. The van der Waals surface area contributed by atoms with Crippen LogP contribution >= 0.6 is 11.6 Å². The van der Waals surface area contributed by atoms with E-state index in [1.54, 1.807) is 18.5 Å². The maximum absolute atomic E-state index is 6.20. The highest BCUT2D eigenvalue weighted by Gasteiger charge is 2.25. The Balaban J connectivity index is 1.68. The van der Waals surface area contributed by atoms with Gasteiger partial charge in [0.25, 0.3) is 0 Å². The van der Waals surface area contributed by atoms with Gasteiger partial charge in [0.15, 0.2) is 6.10 Å². The first-order valence-corrected chi connectivity index (χ1v) is 8.41. The maximum Gasteiger partial charge on any atom is 0.160 e. The number of hydrogen-bond acceptors (Lipinski definition) is 4. The van der Waals surface area contributed by atoms with Crippen LogP contribution in [0.5, 0.6) is 5.75 Å². The molecular weight excluding hydrogens is 334 g/mol. The second kappa shape index (κ2) is 6.95. The molecule has 3 aromatic rings. The third-order valence-electron chi connectivity index (χ3n) is 3.93. The number of benzene rings is 2. The fourth-order valence-electron chi connectivity index (χ4n) is 2.75. The van der Waals surface area contributed by atoms with Crippen molar-refractivity contribution in [3.63, 3.8) is 0 Å². The molecule has 0 fully saturated rings. The van der Waals surface area contributed by atoms with Gasteiger partial charge in [-0.2, -0.15) is 0 Å². The summed E-state index contributed by atoms with van der Waals surface area (Å²) < 4.78 is 6.20. The molecule has 0 amide bonds. The second-order valence-electron chi connectivity index (χ2n) is 5.77. The molecule has 2 heterocycles. The molecule has 0 saturated carbocycles. The lowest BCUT2D eigenvalue weighted by molar-refractivity contribution is 0.263. The van der Waals surface area contributed by atoms with Gasteiger partial charge in [0, 0.05) is 17.6 Å². The highest BCUT2D eigenvalue weighted by molar-refractivity contribution is 6.31. The van der Waals surface area contributed by atoms with Crippen LogP contribution in [-0.2, 0) is 6.42 Å². The van der Waals surface area contributed by atoms with Gasteiger partial charge in [0.05, 0.1) is 11.9 Å². The number of aromatic nitrogens is 1. The van der Waals surface area contributed by atoms with Crippen molar-refractivity contribution in [2.24, 2.45) is 4.99 Å². The van der Waals surface area contributed by atoms with Gasteiger partial charge in [-0.25, -0.2) is 4.99 Å². The second-order valence-corrected chi connectivity index (χ2v) is 6.21. The van der Waals surface area contributed by atoms with Crippen LogP contribution in [0.1, 0.15) is 5.56 Å². The minimum absolute atomic E-state index is 0.212. The van der Waals surface area contributed by atoms with E-state index in [0.29, 0.717) is 5.02 Å². The summed E-state index contributed by atoms with van der Waals surface area (Å²) in [7, 11) is 0. The minimum atomic E-state index is -0.212. The molecule has 0 radical (unpaired) electrons. The first-order chi connectivity index (χ1) is 12.3. The van der Waals surface area contributed by atoms with Crippen LogP contribution in [0.3, 0.4) is 0 Å². The molecule has 124 valence electrons. The lowest BCUT2D eigenvalue weighted by Gasteiger charge is -2.27. The van der Waals surface area contributed by atoms with E-state index < -0.39 is 0 Å². The molecule has 1 aromatic heterocycles. The monoisotopic (exact) mass is 349 g/mol. The van der Waals surface area contributed by atoms with Gasteiger partial charge in [-0.05, 0) is 35.9 Å². The van der Waals surface area contributed by atoms with Crippen LogP contribution in [0.25, 0.3) is 0 Å². The van der Waals surface area contributed by atoms with Crippen molar-refractivity contribution in [2.75, 3.05) is 5.32 Å². The van der Waals surface area contributed by atoms with Crippen LogP contribution < -0.4 is 10.1 Å². The molecule has 1 aliphatic heterocycles. The van der Waals surface area contributed by atoms with Gasteiger partial charge in [-0.1, -0.05) is 41.9 Å². The van der Waals surface area contributed by atoms with E-state index >= 15 is 0 Å². The number of fused-ring (bicyclic) bond motifs is 1. The third kappa shape index (κ3) is 3.64. The van der Waals surface area contributed by atoms with Crippen molar-refractivity contribution >= 4 is 28.8 Å². The zero-order chi connectivity index (χ0) is 17.1. The fraction of sp³-hybridized carbons (Fsp3) is 0.100. The van der Waals surface area contributed by atoms with Crippen LogP contribution in [0.15, 0.2) is 78.0 Å². The summed E-state index contributed by atoms with van der Waals surface area (Å²) in [4.78, 5) is 8.89. The Labute approximate surface area is 151 Å². The van der Waals surface area contributed by atoms with E-state index in [-0.39, 0.29) is 6.10 Å². The summed E-state index contributed by atoms with van der Waals surface area (Å²) in [5.74, 6) is 1.48. The Bertz CT molecular complexity index is 897. The zero-order valence-electron chi connectivity index (χ0n) is 13.4. The van der Waals surface area contributed by atoms with Crippen LogP contribution in [0, 0.1) is 0 Å². The van der Waals surface area contributed by atoms with Crippen LogP contribution in [-0.4, -0.2) is 16.9 Å². The molecule has 0 bridgehead atoms. The highest BCUT2D eigenvalue weighted by atomic mass is 35.5. The van der Waals surface area contributed by atoms with Gasteiger partial charge in [0.2, 0.25) is 0 Å². The van der Waals surface area contributed by atoms with Crippen molar-refractivity contribution in [3.8, 4) is 5.75 Å². The Kier molecular flexibility index (Phi) is 4.36. The number of halogens is 1. The molecular formula is C20H16ClN3O. The third-order valence-corrected chi connectivity index (χ3v) is 4.17. The quantitative estimate of drug-likeness (QED) is 0.733. The normalized spacial score (nSPS) is 15.7. The molecule has 4 rings (SSSR count). The summed E-state index contributed by atoms with van der Waals surface area (Å²) >= 11 is 6.10. The topological polar surface area (TPSA) is 46.5 Å². The minimum Gasteiger partial charge on any atom is -0.480 e. The van der Waals surface area contributed by atoms with Gasteiger partial charge >= 0.3 is 0 Å². The molecule has 0 saturated heterocycles. The first kappa shape index (κ1) is 15.7. The predicted molar refractivity (Wildman–Crippen MR) is 101 cm³/mol. The number of rotatable bonds is 3. The standard InChI is InChI=1S/C20H16ClN3O/c21-15-8-9-18-17(12-15)24-20(23-16-7-4-10-22-13-16)19(25-18)11-14-5-2-1-3-6-14/h1-10,12-13,19H,11H2,(H,23,24)/t19-/m0/s1. The molecule has 0 aliphatic carbocycles. The number of pyridine rings is 1. The van der Waals surface area contributed by atoms with Gasteiger partial charge < -0.3 is 10.1 Å². The van der Waals surface area contributed by atoms with Gasteiger partial charge in [-0.3, -0.25) is 4.98 Å². The summed E-state index contributed by atoms with van der Waals surface area (Å²) in [6.45, 7) is 0. The molecule has 5 heteroatoms. The number of hydrogen-bond donors (Lipinski definition) is 1. The summed E-state index contributed by atoms with van der Waals surface area (Å²) in [6, 6.07) is 19.5. The number of nitrogens with one attached hydrogen (secondary N) is 1. The molecule has 4 nitrogen and oxygen atoms in total. The number of nitrogens with zero attached hydrogens (tertiary/aromatic N) is 2. The lowest BCUT2D eigenvalue weighted by Crippen LogP contribution is -2.37. The summed E-state index contributed by atoms with van der Waals surface area (Å²) in [6.07, 6.45) is 4.00. The van der Waals surface area contributed by atoms with Crippen molar-refractivity contribution in [2.45, 2.75) is 12.5 Å². The van der Waals surface area contributed by atoms with Crippen LogP contribution in [0.2, 0.25) is 5.02 Å². The largest absolute Gasteiger partial charge is 0.480 e. The summed E-state index contributed by atoms with van der Waals surface area (Å²) in [5.41, 5.74) is 2.78. The highest BCUT2D eigenvalue weighted by Crippen LogP contribution is 2.35. The Morgan fingerprint density at radius 2 is 1.92 bits per heavy atom. The average molecular weight is 350 g/mol. The molecule has 1 aliphatic rings. The smallest absolute Gasteiger partial charge is 0.160 e. The molecule has 2 aromatic carbocycles. The van der Waals surface area contributed by atoms with Gasteiger partial charge in [-0.15, -0.1) is 0 Å². The van der Waals surface area contributed by atoms with Crippen molar-refractivity contribution < 1.29 is 4.74 Å². The number of ether oxygens (including phenoxy) is 1. The van der Waals surface area contributed by atoms with Gasteiger partial charge in [0.1, 0.15) is 17.3 Å². The molecule has 0 unspecified atom stereocenters.